The van der Waals surface area contributed by atoms with Crippen LogP contribution in [0, 0.1) is 5.92 Å². The van der Waals surface area contributed by atoms with E-state index in [0.29, 0.717) is 6.54 Å². The van der Waals surface area contributed by atoms with Crippen LogP contribution in [-0.4, -0.2) is 86.1 Å². The van der Waals surface area contributed by atoms with Crippen molar-refractivity contribution in [1.82, 2.24) is 20.0 Å². The SMILES string of the molecule is CCN(CC)C(=O)CN1CCCN(CC2CCNCC2)CC1. The highest BCUT2D eigenvalue weighted by molar-refractivity contribution is 5.78. The molecule has 0 atom stereocenters. The van der Waals surface area contributed by atoms with E-state index >= 15 is 0 Å². The number of rotatable bonds is 6. The number of piperidine rings is 1. The topological polar surface area (TPSA) is 38.8 Å². The van der Waals surface area contributed by atoms with Gasteiger partial charge in [0.15, 0.2) is 0 Å². The maximum atomic E-state index is 12.2. The van der Waals surface area contributed by atoms with E-state index in [-0.39, 0.29) is 5.91 Å². The first kappa shape index (κ1) is 17.7. The van der Waals surface area contributed by atoms with Crippen LogP contribution < -0.4 is 5.32 Å². The lowest BCUT2D eigenvalue weighted by Gasteiger charge is -2.29. The molecule has 5 nitrogen and oxygen atoms in total. The zero-order valence-corrected chi connectivity index (χ0v) is 14.5. The molecule has 0 saturated carbocycles. The molecule has 22 heavy (non-hydrogen) atoms. The van der Waals surface area contributed by atoms with Crippen LogP contribution in [0.15, 0.2) is 0 Å². The molecule has 0 spiro atoms. The van der Waals surface area contributed by atoms with Crippen molar-refractivity contribution in [2.24, 2.45) is 5.92 Å². The van der Waals surface area contributed by atoms with Crippen molar-refractivity contribution in [3.63, 3.8) is 0 Å². The second kappa shape index (κ2) is 9.48. The first-order chi connectivity index (χ1) is 10.7. The van der Waals surface area contributed by atoms with Gasteiger partial charge >= 0.3 is 0 Å². The minimum Gasteiger partial charge on any atom is -0.342 e. The van der Waals surface area contributed by atoms with Crippen molar-refractivity contribution in [3.8, 4) is 0 Å². The van der Waals surface area contributed by atoms with Gasteiger partial charge < -0.3 is 15.1 Å². The minimum atomic E-state index is 0.289. The Kier molecular flexibility index (Phi) is 7.63. The van der Waals surface area contributed by atoms with Gasteiger partial charge in [0.05, 0.1) is 6.54 Å². The molecule has 0 aromatic carbocycles. The van der Waals surface area contributed by atoms with Gasteiger partial charge in [-0.3, -0.25) is 9.69 Å². The molecule has 0 aromatic rings. The Morgan fingerprint density at radius 3 is 2.36 bits per heavy atom. The normalized spacial score (nSPS) is 22.5. The summed E-state index contributed by atoms with van der Waals surface area (Å²) in [7, 11) is 0. The average molecular weight is 310 g/mol. The average Bonchev–Trinajstić information content (AvgIpc) is 2.75. The van der Waals surface area contributed by atoms with Gasteiger partial charge in [-0.1, -0.05) is 0 Å². The Labute approximate surface area is 136 Å². The molecule has 1 N–H and O–H groups in total. The zero-order valence-electron chi connectivity index (χ0n) is 14.5. The summed E-state index contributed by atoms with van der Waals surface area (Å²) in [5, 5.41) is 3.45. The number of hydrogen-bond acceptors (Lipinski definition) is 4. The molecule has 0 bridgehead atoms. The Bertz CT molecular complexity index is 327. The van der Waals surface area contributed by atoms with E-state index in [1.807, 2.05) is 4.90 Å². The third kappa shape index (κ3) is 5.52. The Balaban J connectivity index is 1.73. The summed E-state index contributed by atoms with van der Waals surface area (Å²) in [6, 6.07) is 0. The Morgan fingerprint density at radius 1 is 1.05 bits per heavy atom. The van der Waals surface area contributed by atoms with Gasteiger partial charge in [0.25, 0.3) is 0 Å². The molecule has 0 aromatic heterocycles. The predicted octanol–water partition coefficient (Wildman–Crippen LogP) is 0.862. The Morgan fingerprint density at radius 2 is 1.68 bits per heavy atom. The number of amides is 1. The summed E-state index contributed by atoms with van der Waals surface area (Å²) >= 11 is 0. The quantitative estimate of drug-likeness (QED) is 0.790. The first-order valence-corrected chi connectivity index (χ1v) is 9.16. The van der Waals surface area contributed by atoms with Crippen LogP contribution in [-0.2, 0) is 4.79 Å². The molecule has 0 unspecified atom stereocenters. The van der Waals surface area contributed by atoms with Crippen LogP contribution in [0.4, 0.5) is 0 Å². The molecule has 128 valence electrons. The number of nitrogens with one attached hydrogen (secondary N) is 1. The van der Waals surface area contributed by atoms with Gasteiger partial charge in [-0.05, 0) is 65.2 Å². The number of hydrogen-bond donors (Lipinski definition) is 1. The van der Waals surface area contributed by atoms with Crippen molar-refractivity contribution in [2.75, 3.05) is 65.4 Å². The second-order valence-electron chi connectivity index (χ2n) is 6.69. The molecule has 5 heteroatoms. The molecular weight excluding hydrogens is 276 g/mol. The molecule has 0 radical (unpaired) electrons. The fourth-order valence-electron chi connectivity index (χ4n) is 3.66. The van der Waals surface area contributed by atoms with Crippen LogP contribution in [0.2, 0.25) is 0 Å². The lowest BCUT2D eigenvalue weighted by molar-refractivity contribution is -0.132. The lowest BCUT2D eigenvalue weighted by atomic mass is 9.97. The number of carbonyl (C=O) groups excluding carboxylic acids is 1. The van der Waals surface area contributed by atoms with Gasteiger partial charge in [-0.2, -0.15) is 0 Å². The van der Waals surface area contributed by atoms with Crippen molar-refractivity contribution in [3.05, 3.63) is 0 Å². The van der Waals surface area contributed by atoms with Crippen LogP contribution in [0.25, 0.3) is 0 Å². The monoisotopic (exact) mass is 310 g/mol. The van der Waals surface area contributed by atoms with Crippen molar-refractivity contribution in [2.45, 2.75) is 33.1 Å². The van der Waals surface area contributed by atoms with Crippen LogP contribution >= 0.6 is 0 Å². The fourth-order valence-corrected chi connectivity index (χ4v) is 3.66. The first-order valence-electron chi connectivity index (χ1n) is 9.16. The molecule has 2 aliphatic rings. The van der Waals surface area contributed by atoms with E-state index in [1.165, 1.54) is 45.4 Å². The highest BCUT2D eigenvalue weighted by Gasteiger charge is 2.21. The number of nitrogens with zero attached hydrogens (tertiary/aromatic N) is 3. The smallest absolute Gasteiger partial charge is 0.236 e. The lowest BCUT2D eigenvalue weighted by Crippen LogP contribution is -2.42. The molecule has 2 rings (SSSR count). The summed E-state index contributed by atoms with van der Waals surface area (Å²) in [5.74, 6) is 1.15. The molecular formula is C17H34N4O. The third-order valence-electron chi connectivity index (χ3n) is 5.13. The van der Waals surface area contributed by atoms with Gasteiger partial charge in [0.1, 0.15) is 0 Å². The largest absolute Gasteiger partial charge is 0.342 e. The standard InChI is InChI=1S/C17H34N4O/c1-3-21(4-2)17(22)15-20-11-5-10-19(12-13-20)14-16-6-8-18-9-7-16/h16,18H,3-15H2,1-2H3. The van der Waals surface area contributed by atoms with Crippen molar-refractivity contribution >= 4 is 5.91 Å². The van der Waals surface area contributed by atoms with E-state index in [2.05, 4.69) is 29.0 Å². The minimum absolute atomic E-state index is 0.289. The summed E-state index contributed by atoms with van der Waals surface area (Å²) < 4.78 is 0. The summed E-state index contributed by atoms with van der Waals surface area (Å²) in [4.78, 5) is 19.2. The summed E-state index contributed by atoms with van der Waals surface area (Å²) in [6.45, 7) is 14.4. The molecule has 2 fully saturated rings. The number of carbonyl (C=O) groups is 1. The van der Waals surface area contributed by atoms with E-state index in [4.69, 9.17) is 0 Å². The number of likely N-dealkylation sites (N-methyl/N-ethyl adjacent to an activating group) is 1. The second-order valence-corrected chi connectivity index (χ2v) is 6.69. The molecule has 2 heterocycles. The molecule has 1 amide bonds. The predicted molar refractivity (Wildman–Crippen MR) is 91.0 cm³/mol. The van der Waals surface area contributed by atoms with E-state index in [1.54, 1.807) is 0 Å². The zero-order chi connectivity index (χ0) is 15.8. The van der Waals surface area contributed by atoms with Gasteiger partial charge in [0.2, 0.25) is 5.91 Å². The van der Waals surface area contributed by atoms with E-state index in [0.717, 1.165) is 38.6 Å². The van der Waals surface area contributed by atoms with Crippen molar-refractivity contribution < 1.29 is 4.79 Å². The van der Waals surface area contributed by atoms with Crippen LogP contribution in [0.1, 0.15) is 33.1 Å². The van der Waals surface area contributed by atoms with E-state index in [9.17, 15) is 4.79 Å². The molecule has 2 aliphatic heterocycles. The van der Waals surface area contributed by atoms with Crippen LogP contribution in [0.5, 0.6) is 0 Å². The van der Waals surface area contributed by atoms with Gasteiger partial charge in [0, 0.05) is 32.7 Å². The maximum absolute atomic E-state index is 12.2. The highest BCUT2D eigenvalue weighted by atomic mass is 16.2. The van der Waals surface area contributed by atoms with Gasteiger partial charge in [-0.25, -0.2) is 0 Å². The van der Waals surface area contributed by atoms with Crippen LogP contribution in [0.3, 0.4) is 0 Å². The summed E-state index contributed by atoms with van der Waals surface area (Å²) in [5.41, 5.74) is 0. The highest BCUT2D eigenvalue weighted by Crippen LogP contribution is 2.15. The molecule has 2 saturated heterocycles. The van der Waals surface area contributed by atoms with Gasteiger partial charge in [-0.15, -0.1) is 0 Å². The van der Waals surface area contributed by atoms with E-state index < -0.39 is 0 Å². The maximum Gasteiger partial charge on any atom is 0.236 e. The molecule has 0 aliphatic carbocycles. The third-order valence-corrected chi connectivity index (χ3v) is 5.13. The fraction of sp³-hybridized carbons (Fsp3) is 0.941. The summed E-state index contributed by atoms with van der Waals surface area (Å²) in [6.07, 6.45) is 3.83. The Hall–Kier alpha value is -0.650. The van der Waals surface area contributed by atoms with Crippen molar-refractivity contribution in [1.29, 1.82) is 0 Å².